The topological polar surface area (TPSA) is 37.3 Å². The molecule has 0 aromatic heterocycles. The van der Waals surface area contributed by atoms with E-state index in [0.29, 0.717) is 0 Å². The third kappa shape index (κ3) is 2.55. The Labute approximate surface area is 42.0 Å². The molecule has 0 amide bonds. The number of rotatable bonds is 1. The third-order valence-corrected chi connectivity index (χ3v) is 2.57. The summed E-state index contributed by atoms with van der Waals surface area (Å²) >= 11 is -2.71. The van der Waals surface area contributed by atoms with Crippen LogP contribution in [0.25, 0.3) is 0 Å². The second kappa shape index (κ2) is 2.48. The van der Waals surface area contributed by atoms with Crippen LogP contribution in [-0.4, -0.2) is 19.0 Å². The van der Waals surface area contributed by atoms with Gasteiger partial charge in [0.25, 0.3) is 0 Å². The van der Waals surface area contributed by atoms with E-state index in [1.54, 1.807) is 13.8 Å². The van der Waals surface area contributed by atoms with Gasteiger partial charge in [0, 0.05) is 0 Å². The molecule has 1 atom stereocenters. The summed E-state index contributed by atoms with van der Waals surface area (Å²) in [5, 5.41) is 0. The first kappa shape index (κ1) is 6.32. The third-order valence-electron chi connectivity index (χ3n) is 0.494. The van der Waals surface area contributed by atoms with Gasteiger partial charge in [0.15, 0.2) is 0 Å². The van der Waals surface area contributed by atoms with Crippen molar-refractivity contribution in [2.45, 2.75) is 18.6 Å². The van der Waals surface area contributed by atoms with E-state index in [1.165, 1.54) is 0 Å². The molecule has 3 heteroatoms. The molecule has 0 spiro atoms. The molecule has 1 unspecified atom stereocenters. The first-order chi connectivity index (χ1) is 2.64. The molecule has 38 valence electrons. The molecule has 0 aliphatic rings. The molecule has 1 N–H and O–H groups in total. The molecule has 0 aliphatic carbocycles. The first-order valence-electron chi connectivity index (χ1n) is 1.87. The van der Waals surface area contributed by atoms with Crippen LogP contribution in [0.1, 0.15) is 13.8 Å². The van der Waals surface area contributed by atoms with Crippen LogP contribution < -0.4 is 0 Å². The van der Waals surface area contributed by atoms with Gasteiger partial charge < -0.3 is 0 Å². The van der Waals surface area contributed by atoms with Crippen molar-refractivity contribution in [1.29, 1.82) is 0 Å². The molecule has 2 nitrogen and oxygen atoms in total. The van der Waals surface area contributed by atoms with Crippen LogP contribution >= 0.6 is 0 Å². The summed E-state index contributed by atoms with van der Waals surface area (Å²) in [5.74, 6) is 0. The second-order valence-electron chi connectivity index (χ2n) is 1.49. The van der Waals surface area contributed by atoms with Crippen LogP contribution in [0.4, 0.5) is 0 Å². The van der Waals surface area contributed by atoms with Crippen molar-refractivity contribution < 1.29 is 7.84 Å². The molecule has 0 fully saturated rings. The molecular formula is C3H9AsO2. The second-order valence-corrected chi connectivity index (χ2v) is 5.33. The Kier molecular flexibility index (Phi) is 2.62. The van der Waals surface area contributed by atoms with Gasteiger partial charge in [-0.15, -0.1) is 0 Å². The van der Waals surface area contributed by atoms with Gasteiger partial charge in [-0.2, -0.15) is 0 Å². The van der Waals surface area contributed by atoms with Crippen LogP contribution in [0.2, 0.25) is 4.71 Å². The minimum atomic E-state index is -2.71. The van der Waals surface area contributed by atoms with E-state index in [1.807, 2.05) is 0 Å². The summed E-state index contributed by atoms with van der Waals surface area (Å²) in [6.07, 6.45) is 0. The van der Waals surface area contributed by atoms with Gasteiger partial charge in [0.1, 0.15) is 0 Å². The van der Waals surface area contributed by atoms with E-state index in [0.717, 1.165) is 0 Å². The van der Waals surface area contributed by atoms with Gasteiger partial charge in [-0.1, -0.05) is 0 Å². The van der Waals surface area contributed by atoms with Crippen molar-refractivity contribution in [3.05, 3.63) is 0 Å². The fraction of sp³-hybridized carbons (Fsp3) is 1.00. The van der Waals surface area contributed by atoms with Crippen LogP contribution in [-0.2, 0) is 3.74 Å². The molecule has 0 aliphatic heterocycles. The summed E-state index contributed by atoms with van der Waals surface area (Å²) in [6, 6.07) is 0. The Hall–Kier alpha value is 0.318. The van der Waals surface area contributed by atoms with Gasteiger partial charge in [-0.25, -0.2) is 0 Å². The Morgan fingerprint density at radius 1 is 1.67 bits per heavy atom. The van der Waals surface area contributed by atoms with E-state index in [-0.39, 0.29) is 4.71 Å². The fourth-order valence-corrected chi connectivity index (χ4v) is 0. The van der Waals surface area contributed by atoms with Crippen LogP contribution in [0.15, 0.2) is 0 Å². The molecule has 6 heavy (non-hydrogen) atoms. The Morgan fingerprint density at radius 3 is 1.83 bits per heavy atom. The van der Waals surface area contributed by atoms with E-state index in [9.17, 15) is 3.74 Å². The monoisotopic (exact) mass is 152 g/mol. The quantitative estimate of drug-likeness (QED) is 0.538. The zero-order chi connectivity index (χ0) is 5.15. The average Bonchev–Trinajstić information content (AvgIpc) is 1.36. The summed E-state index contributed by atoms with van der Waals surface area (Å²) in [7, 11) is 0. The SMILES string of the molecule is CC(C)[AsH](=O)O. The molecule has 0 saturated carbocycles. The molecule has 0 rings (SSSR count). The maximum atomic E-state index is 9.95. The maximum absolute atomic E-state index is 9.95. The van der Waals surface area contributed by atoms with E-state index in [2.05, 4.69) is 0 Å². The molecule has 0 aromatic carbocycles. The summed E-state index contributed by atoms with van der Waals surface area (Å²) in [6.45, 7) is 3.50. The van der Waals surface area contributed by atoms with Gasteiger partial charge in [0.2, 0.25) is 0 Å². The van der Waals surface area contributed by atoms with Gasteiger partial charge in [-0.05, 0) is 0 Å². The zero-order valence-electron chi connectivity index (χ0n) is 3.93. The Morgan fingerprint density at radius 2 is 1.83 bits per heavy atom. The number of hydrogen-bond acceptors (Lipinski definition) is 1. The molecule has 0 heterocycles. The van der Waals surface area contributed by atoms with Gasteiger partial charge in [0.05, 0.1) is 0 Å². The van der Waals surface area contributed by atoms with E-state index < -0.39 is 14.9 Å². The van der Waals surface area contributed by atoms with Crippen molar-refractivity contribution in [3.63, 3.8) is 0 Å². The molecule has 0 radical (unpaired) electrons. The molecule has 0 bridgehead atoms. The predicted molar refractivity (Wildman–Crippen MR) is 25.2 cm³/mol. The normalized spacial score (nSPS) is 15.3. The predicted octanol–water partition coefficient (Wildman–Crippen LogP) is 0.0397. The van der Waals surface area contributed by atoms with Crippen LogP contribution in [0, 0.1) is 0 Å². The van der Waals surface area contributed by atoms with Gasteiger partial charge in [-0.3, -0.25) is 0 Å². The summed E-state index contributed by atoms with van der Waals surface area (Å²) in [4.78, 5) is 0. The minimum absolute atomic E-state index is 0.0185. The standard InChI is InChI=1S/C3H9AsO2/c1-3(2)4(5)6/h3-4H,1-2H3,(H,5,6). The fourth-order valence-electron chi connectivity index (χ4n) is 0. The van der Waals surface area contributed by atoms with Crippen molar-refractivity contribution in [2.75, 3.05) is 0 Å². The summed E-state index contributed by atoms with van der Waals surface area (Å²) in [5.41, 5.74) is 0. The first-order valence-corrected chi connectivity index (χ1v) is 4.88. The number of hydrogen-bond donors (Lipinski definition) is 1. The summed E-state index contributed by atoms with van der Waals surface area (Å²) < 4.78 is 18.2. The average molecular weight is 152 g/mol. The van der Waals surface area contributed by atoms with Crippen molar-refractivity contribution in [1.82, 2.24) is 0 Å². The van der Waals surface area contributed by atoms with Crippen molar-refractivity contribution in [3.8, 4) is 0 Å². The van der Waals surface area contributed by atoms with Crippen molar-refractivity contribution in [2.24, 2.45) is 0 Å². The van der Waals surface area contributed by atoms with Crippen molar-refractivity contribution >= 4 is 14.9 Å². The molecule has 0 aromatic rings. The zero-order valence-corrected chi connectivity index (χ0v) is 6.03. The Balaban J connectivity index is 3.26. The van der Waals surface area contributed by atoms with Crippen LogP contribution in [0.5, 0.6) is 0 Å². The van der Waals surface area contributed by atoms with E-state index in [4.69, 9.17) is 4.10 Å². The Bertz CT molecular complexity index is 59.8. The van der Waals surface area contributed by atoms with E-state index >= 15 is 0 Å². The van der Waals surface area contributed by atoms with Gasteiger partial charge >= 0.3 is 41.3 Å². The van der Waals surface area contributed by atoms with Crippen LogP contribution in [0.3, 0.4) is 0 Å². The molecular weight excluding hydrogens is 143 g/mol. The molecule has 0 saturated heterocycles.